The number of rotatable bonds is 6. The highest BCUT2D eigenvalue weighted by atomic mass is 35.5. The molecule has 0 radical (unpaired) electrons. The summed E-state index contributed by atoms with van der Waals surface area (Å²) in [6, 6.07) is 5.83. The second-order valence-corrected chi connectivity index (χ2v) is 7.36. The normalized spacial score (nSPS) is 23.0. The molecule has 1 heterocycles. The molecule has 1 saturated carbocycles. The molecule has 1 aromatic rings. The number of benzene rings is 1. The van der Waals surface area contributed by atoms with Gasteiger partial charge in [0.15, 0.2) is 6.10 Å². The van der Waals surface area contributed by atoms with Crippen molar-refractivity contribution in [1.82, 2.24) is 10.2 Å². The quantitative estimate of drug-likeness (QED) is 0.567. The molecular formula is C18H20ClN3O5. The fourth-order valence-electron chi connectivity index (χ4n) is 2.99. The zero-order valence-corrected chi connectivity index (χ0v) is 15.7. The van der Waals surface area contributed by atoms with Crippen molar-refractivity contribution in [3.63, 3.8) is 0 Å². The molecule has 27 heavy (non-hydrogen) atoms. The average Bonchev–Trinajstić information content (AvgIpc) is 3.43. The standard InChI is InChI=1S/C18H20ClN3O5/c1-10(15(24)20-13-7-5-12(19)6-8-13)27-14(23)9-22-16(25)18(2,11-3-4-11)21-17(22)26/h5-8,10-11H,3-4,9H2,1-2H3,(H,20,24)(H,21,26)/t10-,18+/m0/s1. The van der Waals surface area contributed by atoms with E-state index in [9.17, 15) is 19.2 Å². The lowest BCUT2D eigenvalue weighted by Gasteiger charge is -2.21. The van der Waals surface area contributed by atoms with Gasteiger partial charge in [0.25, 0.3) is 11.8 Å². The van der Waals surface area contributed by atoms with E-state index < -0.39 is 42.0 Å². The summed E-state index contributed by atoms with van der Waals surface area (Å²) in [5.74, 6) is -1.72. The Balaban J connectivity index is 1.54. The summed E-state index contributed by atoms with van der Waals surface area (Å²) < 4.78 is 5.06. The van der Waals surface area contributed by atoms with Crippen molar-refractivity contribution in [1.29, 1.82) is 0 Å². The molecule has 144 valence electrons. The zero-order valence-electron chi connectivity index (χ0n) is 15.0. The maximum Gasteiger partial charge on any atom is 0.327 e. The van der Waals surface area contributed by atoms with Gasteiger partial charge in [-0.2, -0.15) is 0 Å². The van der Waals surface area contributed by atoms with Gasteiger partial charge in [-0.05, 0) is 56.9 Å². The number of carbonyl (C=O) groups is 4. The fraction of sp³-hybridized carbons (Fsp3) is 0.444. The summed E-state index contributed by atoms with van der Waals surface area (Å²) in [5.41, 5.74) is -0.462. The number of amides is 4. The Hall–Kier alpha value is -2.61. The Bertz CT molecular complexity index is 793. The van der Waals surface area contributed by atoms with E-state index in [2.05, 4.69) is 10.6 Å². The van der Waals surface area contributed by atoms with Gasteiger partial charge in [0, 0.05) is 10.7 Å². The van der Waals surface area contributed by atoms with Crippen LogP contribution in [-0.2, 0) is 19.1 Å². The predicted molar refractivity (Wildman–Crippen MR) is 97.0 cm³/mol. The third kappa shape index (κ3) is 4.05. The van der Waals surface area contributed by atoms with Crippen LogP contribution in [0.2, 0.25) is 5.02 Å². The molecule has 0 bridgehead atoms. The molecule has 9 heteroatoms. The average molecular weight is 394 g/mol. The summed E-state index contributed by atoms with van der Waals surface area (Å²) in [5, 5.41) is 5.76. The Labute approximate surface area is 161 Å². The Morgan fingerprint density at radius 1 is 1.33 bits per heavy atom. The highest BCUT2D eigenvalue weighted by molar-refractivity contribution is 6.30. The van der Waals surface area contributed by atoms with E-state index in [0.29, 0.717) is 10.7 Å². The fourth-order valence-corrected chi connectivity index (χ4v) is 3.12. The van der Waals surface area contributed by atoms with Crippen LogP contribution in [-0.4, -0.2) is 46.9 Å². The van der Waals surface area contributed by atoms with Crippen LogP contribution in [0.15, 0.2) is 24.3 Å². The number of hydrogen-bond donors (Lipinski definition) is 2. The number of halogens is 1. The minimum atomic E-state index is -1.09. The van der Waals surface area contributed by atoms with E-state index in [1.807, 2.05) is 0 Å². The van der Waals surface area contributed by atoms with E-state index in [1.54, 1.807) is 31.2 Å². The molecule has 1 aliphatic heterocycles. The number of esters is 1. The number of nitrogens with one attached hydrogen (secondary N) is 2. The summed E-state index contributed by atoms with van der Waals surface area (Å²) in [6.45, 7) is 2.54. The van der Waals surface area contributed by atoms with Crippen molar-refractivity contribution in [3.05, 3.63) is 29.3 Å². The second-order valence-electron chi connectivity index (χ2n) is 6.93. The molecule has 2 fully saturated rings. The number of hydrogen-bond acceptors (Lipinski definition) is 5. The summed E-state index contributed by atoms with van der Waals surface area (Å²) in [6.07, 6.45) is 0.634. The van der Waals surface area contributed by atoms with Gasteiger partial charge in [-0.15, -0.1) is 0 Å². The van der Waals surface area contributed by atoms with E-state index in [-0.39, 0.29) is 5.92 Å². The van der Waals surface area contributed by atoms with Crippen LogP contribution in [0, 0.1) is 5.92 Å². The number of urea groups is 1. The molecule has 8 nitrogen and oxygen atoms in total. The first kappa shape index (κ1) is 19.2. The first-order chi connectivity index (χ1) is 12.7. The minimum Gasteiger partial charge on any atom is -0.451 e. The molecular weight excluding hydrogens is 374 g/mol. The lowest BCUT2D eigenvalue weighted by Crippen LogP contribution is -2.46. The van der Waals surface area contributed by atoms with Crippen LogP contribution >= 0.6 is 11.6 Å². The number of imide groups is 1. The summed E-state index contributed by atoms with van der Waals surface area (Å²) in [4.78, 5) is 49.6. The maximum atomic E-state index is 12.5. The van der Waals surface area contributed by atoms with E-state index in [0.717, 1.165) is 17.7 Å². The van der Waals surface area contributed by atoms with Gasteiger partial charge >= 0.3 is 12.0 Å². The molecule has 0 aromatic heterocycles. The van der Waals surface area contributed by atoms with Crippen LogP contribution in [0.25, 0.3) is 0 Å². The van der Waals surface area contributed by atoms with Gasteiger partial charge in [-0.3, -0.25) is 19.3 Å². The molecule has 4 amide bonds. The van der Waals surface area contributed by atoms with Gasteiger partial charge in [-0.1, -0.05) is 11.6 Å². The second kappa shape index (κ2) is 7.19. The summed E-state index contributed by atoms with van der Waals surface area (Å²) >= 11 is 5.78. The SMILES string of the molecule is C[C@H](OC(=O)CN1C(=O)N[C@](C)(C2CC2)C1=O)C(=O)Nc1ccc(Cl)cc1. The third-order valence-electron chi connectivity index (χ3n) is 4.77. The van der Waals surface area contributed by atoms with Crippen LogP contribution < -0.4 is 10.6 Å². The number of nitrogens with zero attached hydrogens (tertiary/aromatic N) is 1. The lowest BCUT2D eigenvalue weighted by molar-refractivity contribution is -0.155. The lowest BCUT2D eigenvalue weighted by atomic mass is 9.96. The zero-order chi connectivity index (χ0) is 19.8. The smallest absolute Gasteiger partial charge is 0.327 e. The van der Waals surface area contributed by atoms with Crippen LogP contribution in [0.1, 0.15) is 26.7 Å². The van der Waals surface area contributed by atoms with Gasteiger partial charge in [0.2, 0.25) is 0 Å². The van der Waals surface area contributed by atoms with Crippen LogP contribution in [0.5, 0.6) is 0 Å². The molecule has 1 aliphatic carbocycles. The molecule has 0 unspecified atom stereocenters. The third-order valence-corrected chi connectivity index (χ3v) is 5.02. The van der Waals surface area contributed by atoms with Gasteiger partial charge in [0.05, 0.1) is 0 Å². The first-order valence-electron chi connectivity index (χ1n) is 8.60. The minimum absolute atomic E-state index is 0.0963. The predicted octanol–water partition coefficient (Wildman–Crippen LogP) is 1.93. The highest BCUT2D eigenvalue weighted by Crippen LogP contribution is 2.42. The largest absolute Gasteiger partial charge is 0.451 e. The van der Waals surface area contributed by atoms with Crippen molar-refractivity contribution < 1.29 is 23.9 Å². The molecule has 0 spiro atoms. The molecule has 3 rings (SSSR count). The van der Waals surface area contributed by atoms with Crippen molar-refractivity contribution in [2.45, 2.75) is 38.3 Å². The van der Waals surface area contributed by atoms with Gasteiger partial charge < -0.3 is 15.4 Å². The molecule has 2 aliphatic rings. The molecule has 1 aromatic carbocycles. The monoisotopic (exact) mass is 393 g/mol. The Kier molecular flexibility index (Phi) is 5.10. The van der Waals surface area contributed by atoms with E-state index in [4.69, 9.17) is 16.3 Å². The number of carbonyl (C=O) groups excluding carboxylic acids is 4. The van der Waals surface area contributed by atoms with Crippen molar-refractivity contribution in [2.75, 3.05) is 11.9 Å². The molecule has 2 atom stereocenters. The van der Waals surface area contributed by atoms with E-state index in [1.165, 1.54) is 6.92 Å². The van der Waals surface area contributed by atoms with Gasteiger partial charge in [0.1, 0.15) is 12.1 Å². The highest BCUT2D eigenvalue weighted by Gasteiger charge is 2.56. The van der Waals surface area contributed by atoms with Gasteiger partial charge in [-0.25, -0.2) is 4.79 Å². The van der Waals surface area contributed by atoms with E-state index >= 15 is 0 Å². The first-order valence-corrected chi connectivity index (χ1v) is 8.98. The number of ether oxygens (including phenoxy) is 1. The van der Waals surface area contributed by atoms with Crippen molar-refractivity contribution in [3.8, 4) is 0 Å². The van der Waals surface area contributed by atoms with Crippen molar-refractivity contribution in [2.24, 2.45) is 5.92 Å². The Morgan fingerprint density at radius 2 is 1.96 bits per heavy atom. The molecule has 1 saturated heterocycles. The number of anilines is 1. The topological polar surface area (TPSA) is 105 Å². The van der Waals surface area contributed by atoms with Crippen LogP contribution in [0.3, 0.4) is 0 Å². The van der Waals surface area contributed by atoms with Crippen LogP contribution in [0.4, 0.5) is 10.5 Å². The van der Waals surface area contributed by atoms with Crippen molar-refractivity contribution >= 4 is 41.1 Å². The Morgan fingerprint density at radius 3 is 2.56 bits per heavy atom. The maximum absolute atomic E-state index is 12.5. The summed E-state index contributed by atoms with van der Waals surface area (Å²) in [7, 11) is 0. The molecule has 2 N–H and O–H groups in total.